The summed E-state index contributed by atoms with van der Waals surface area (Å²) in [7, 11) is 0. The van der Waals surface area contributed by atoms with Crippen LogP contribution in [0, 0.1) is 11.8 Å². The van der Waals surface area contributed by atoms with Crippen molar-refractivity contribution in [3.63, 3.8) is 0 Å². The lowest BCUT2D eigenvalue weighted by atomic mass is 9.94. The monoisotopic (exact) mass is 596 g/mol. The Labute approximate surface area is 264 Å². The lowest BCUT2D eigenvalue weighted by Gasteiger charge is -2.29. The minimum atomic E-state index is -0.205. The third kappa shape index (κ3) is 26.3. The zero-order valence-corrected chi connectivity index (χ0v) is 29.1. The summed E-state index contributed by atoms with van der Waals surface area (Å²) in [6.45, 7) is 12.6. The average molecular weight is 596 g/mol. The smallest absolute Gasteiger partial charge is 0.0701 e. The maximum absolute atomic E-state index is 11.0. The van der Waals surface area contributed by atoms with E-state index in [1.807, 2.05) is 0 Å². The average Bonchev–Trinajstić information content (AvgIpc) is 3.83. The molecule has 1 aliphatic rings. The van der Waals surface area contributed by atoms with Gasteiger partial charge in [-0.3, -0.25) is 4.90 Å². The molecule has 0 aliphatic heterocycles. The second-order valence-electron chi connectivity index (χ2n) is 13.7. The second kappa shape index (κ2) is 30.8. The first-order chi connectivity index (χ1) is 20.7. The molecular weight excluding hydrogens is 518 g/mol. The molecule has 1 fully saturated rings. The van der Waals surface area contributed by atoms with E-state index in [0.717, 1.165) is 57.5 Å². The van der Waals surface area contributed by atoms with Gasteiger partial charge in [0.25, 0.3) is 0 Å². The first-order valence-corrected chi connectivity index (χ1v) is 19.3. The van der Waals surface area contributed by atoms with Gasteiger partial charge >= 0.3 is 0 Å². The van der Waals surface area contributed by atoms with Gasteiger partial charge in [-0.15, -0.1) is 0 Å². The number of ether oxygens (including phenoxy) is 2. The van der Waals surface area contributed by atoms with Crippen LogP contribution in [0.5, 0.6) is 0 Å². The number of rotatable bonds is 35. The molecule has 1 saturated carbocycles. The van der Waals surface area contributed by atoms with Gasteiger partial charge in [0.1, 0.15) is 0 Å². The summed E-state index contributed by atoms with van der Waals surface area (Å²) in [5, 5.41) is 11.0. The van der Waals surface area contributed by atoms with Gasteiger partial charge in [-0.25, -0.2) is 0 Å². The second-order valence-corrected chi connectivity index (χ2v) is 13.7. The van der Waals surface area contributed by atoms with E-state index in [9.17, 15) is 5.11 Å². The van der Waals surface area contributed by atoms with Crippen LogP contribution in [0.3, 0.4) is 0 Å². The van der Waals surface area contributed by atoms with Crippen molar-refractivity contribution in [2.75, 3.05) is 46.1 Å². The summed E-state index contributed by atoms with van der Waals surface area (Å²) in [6, 6.07) is 0. The van der Waals surface area contributed by atoms with Gasteiger partial charge in [0, 0.05) is 26.2 Å². The Bertz CT molecular complexity index is 526. The van der Waals surface area contributed by atoms with Gasteiger partial charge in [-0.2, -0.15) is 0 Å². The van der Waals surface area contributed by atoms with Crippen molar-refractivity contribution in [3.8, 4) is 0 Å². The normalized spacial score (nSPS) is 15.1. The van der Waals surface area contributed by atoms with Crippen LogP contribution in [-0.4, -0.2) is 62.2 Å². The van der Waals surface area contributed by atoms with Crippen molar-refractivity contribution in [2.24, 2.45) is 11.8 Å². The van der Waals surface area contributed by atoms with E-state index in [1.54, 1.807) is 0 Å². The maximum Gasteiger partial charge on any atom is 0.0701 e. The van der Waals surface area contributed by atoms with Gasteiger partial charge in [0.2, 0.25) is 0 Å². The largest absolute Gasteiger partial charge is 0.392 e. The van der Waals surface area contributed by atoms with E-state index >= 15 is 0 Å². The van der Waals surface area contributed by atoms with Crippen LogP contribution in [0.4, 0.5) is 0 Å². The number of aliphatic hydroxyl groups is 1. The van der Waals surface area contributed by atoms with Crippen LogP contribution < -0.4 is 0 Å². The van der Waals surface area contributed by atoms with Crippen LogP contribution in [0.15, 0.2) is 0 Å². The van der Waals surface area contributed by atoms with Crippen molar-refractivity contribution >= 4 is 0 Å². The predicted octanol–water partition coefficient (Wildman–Crippen LogP) is 10.7. The van der Waals surface area contributed by atoms with Gasteiger partial charge < -0.3 is 14.6 Å². The number of nitrogens with zero attached hydrogens (tertiary/aromatic N) is 1. The molecule has 0 aromatic rings. The molecule has 0 saturated heterocycles. The van der Waals surface area contributed by atoms with Crippen LogP contribution in [0.25, 0.3) is 0 Å². The number of hydrogen-bond donors (Lipinski definition) is 1. The van der Waals surface area contributed by atoms with E-state index in [2.05, 4.69) is 25.7 Å². The summed E-state index contributed by atoms with van der Waals surface area (Å²) in [5.41, 5.74) is 0. The molecule has 2 atom stereocenters. The maximum atomic E-state index is 11.0. The van der Waals surface area contributed by atoms with Crippen molar-refractivity contribution in [1.29, 1.82) is 0 Å². The molecule has 0 aromatic carbocycles. The molecule has 2 unspecified atom stereocenters. The molecule has 252 valence electrons. The zero-order valence-electron chi connectivity index (χ0n) is 29.1. The van der Waals surface area contributed by atoms with Crippen molar-refractivity contribution in [2.45, 2.75) is 187 Å². The Morgan fingerprint density at radius 1 is 0.524 bits per heavy atom. The SMILES string of the molecule is CCCCCCCCCCCCC(O)CN(CCOCCOCCC)CC(CCCCCCCCCCCC)C1CC1. The first-order valence-electron chi connectivity index (χ1n) is 19.3. The summed E-state index contributed by atoms with van der Waals surface area (Å²) in [4.78, 5) is 2.55. The highest BCUT2D eigenvalue weighted by Crippen LogP contribution is 2.40. The van der Waals surface area contributed by atoms with Gasteiger partial charge in [0.15, 0.2) is 0 Å². The Kier molecular flexibility index (Phi) is 29.3. The third-order valence-corrected chi connectivity index (χ3v) is 9.34. The van der Waals surface area contributed by atoms with Crippen LogP contribution >= 0.6 is 0 Å². The molecule has 0 heterocycles. The highest BCUT2D eigenvalue weighted by atomic mass is 16.5. The minimum Gasteiger partial charge on any atom is -0.392 e. The van der Waals surface area contributed by atoms with E-state index in [4.69, 9.17) is 9.47 Å². The fourth-order valence-electron chi connectivity index (χ4n) is 6.44. The zero-order chi connectivity index (χ0) is 30.4. The van der Waals surface area contributed by atoms with Crippen molar-refractivity contribution < 1.29 is 14.6 Å². The summed E-state index contributed by atoms with van der Waals surface area (Å²) < 4.78 is 11.5. The molecular formula is C38H77NO3. The molecule has 0 amide bonds. The molecule has 0 aromatic heterocycles. The molecule has 1 N–H and O–H groups in total. The lowest BCUT2D eigenvalue weighted by Crippen LogP contribution is -2.39. The van der Waals surface area contributed by atoms with Crippen LogP contribution in [-0.2, 0) is 9.47 Å². The molecule has 0 bridgehead atoms. The van der Waals surface area contributed by atoms with Gasteiger partial charge in [-0.05, 0) is 43.9 Å². The fourth-order valence-corrected chi connectivity index (χ4v) is 6.44. The Morgan fingerprint density at radius 3 is 1.45 bits per heavy atom. The van der Waals surface area contributed by atoms with E-state index in [0.29, 0.717) is 13.2 Å². The van der Waals surface area contributed by atoms with Crippen LogP contribution in [0.1, 0.15) is 181 Å². The minimum absolute atomic E-state index is 0.205. The number of unbranched alkanes of at least 4 members (excludes halogenated alkanes) is 18. The van der Waals surface area contributed by atoms with E-state index < -0.39 is 0 Å². The molecule has 1 rings (SSSR count). The topological polar surface area (TPSA) is 41.9 Å². The van der Waals surface area contributed by atoms with Gasteiger partial charge in [0.05, 0.1) is 25.9 Å². The van der Waals surface area contributed by atoms with Crippen LogP contribution in [0.2, 0.25) is 0 Å². The summed E-state index contributed by atoms with van der Waals surface area (Å²) >= 11 is 0. The molecule has 4 heteroatoms. The highest BCUT2D eigenvalue weighted by molar-refractivity contribution is 4.84. The summed E-state index contributed by atoms with van der Waals surface area (Å²) in [5.74, 6) is 1.73. The number of hydrogen-bond acceptors (Lipinski definition) is 4. The summed E-state index contributed by atoms with van der Waals surface area (Å²) in [6.07, 6.45) is 33.7. The lowest BCUT2D eigenvalue weighted by molar-refractivity contribution is 0.0269. The first kappa shape index (κ1) is 39.9. The number of aliphatic hydroxyl groups excluding tert-OH is 1. The molecule has 4 nitrogen and oxygen atoms in total. The predicted molar refractivity (Wildman–Crippen MR) is 184 cm³/mol. The fraction of sp³-hybridized carbons (Fsp3) is 1.00. The highest BCUT2D eigenvalue weighted by Gasteiger charge is 2.32. The molecule has 0 spiro atoms. The molecule has 42 heavy (non-hydrogen) atoms. The Hall–Kier alpha value is -0.160. The van der Waals surface area contributed by atoms with E-state index in [-0.39, 0.29) is 6.10 Å². The van der Waals surface area contributed by atoms with Crippen molar-refractivity contribution in [3.05, 3.63) is 0 Å². The molecule has 1 aliphatic carbocycles. The Balaban J connectivity index is 2.32. The third-order valence-electron chi connectivity index (χ3n) is 9.34. The Morgan fingerprint density at radius 2 is 0.976 bits per heavy atom. The van der Waals surface area contributed by atoms with Crippen molar-refractivity contribution in [1.82, 2.24) is 4.90 Å². The molecule has 0 radical (unpaired) electrons. The van der Waals surface area contributed by atoms with Gasteiger partial charge in [-0.1, -0.05) is 149 Å². The standard InChI is InChI=1S/C38H77NO3/c1-4-7-9-11-13-15-17-19-21-23-25-37(36-27-28-36)34-39(29-31-42-33-32-41-30-6-3)35-38(40)26-24-22-20-18-16-14-12-10-8-5-2/h36-38,40H,4-35H2,1-3H3. The van der Waals surface area contributed by atoms with E-state index in [1.165, 1.54) is 148 Å². The quantitative estimate of drug-likeness (QED) is 0.0740.